The monoisotopic (exact) mass is 367 g/mol. The first kappa shape index (κ1) is 17.9. The molecule has 134 valence electrons. The molecule has 2 heterocycles. The Kier molecular flexibility index (Phi) is 5.41. The van der Waals surface area contributed by atoms with E-state index >= 15 is 0 Å². The van der Waals surface area contributed by atoms with Crippen molar-refractivity contribution in [2.24, 2.45) is 0 Å². The van der Waals surface area contributed by atoms with Crippen LogP contribution in [0.4, 0.5) is 13.9 Å². The zero-order chi connectivity index (χ0) is 17.9. The summed E-state index contributed by atoms with van der Waals surface area (Å²) in [6, 6.07) is 3.81. The molecule has 0 bridgehead atoms. The highest BCUT2D eigenvalue weighted by molar-refractivity contribution is 7.15. The van der Waals surface area contributed by atoms with Crippen molar-refractivity contribution in [2.45, 2.75) is 24.9 Å². The molecule has 3 rings (SSSR count). The summed E-state index contributed by atoms with van der Waals surface area (Å²) in [5.74, 6) is -1.94. The minimum Gasteiger partial charge on any atom is -0.368 e. The number of nitrogens with zero attached hydrogens (tertiary/aromatic N) is 1. The summed E-state index contributed by atoms with van der Waals surface area (Å²) in [6.07, 6.45) is 3.25. The van der Waals surface area contributed by atoms with Gasteiger partial charge in [0.1, 0.15) is 5.60 Å². The molecule has 1 aliphatic rings. The van der Waals surface area contributed by atoms with E-state index in [4.69, 9.17) is 4.74 Å². The lowest BCUT2D eigenvalue weighted by atomic mass is 9.91. The second-order valence-electron chi connectivity index (χ2n) is 5.96. The first-order valence-corrected chi connectivity index (χ1v) is 8.80. The fourth-order valence-electron chi connectivity index (χ4n) is 2.86. The van der Waals surface area contributed by atoms with E-state index in [1.807, 2.05) is 0 Å². The van der Waals surface area contributed by atoms with E-state index in [9.17, 15) is 13.6 Å². The number of carbonyl (C=O) groups excluding carboxylic acids is 1. The van der Waals surface area contributed by atoms with Gasteiger partial charge in [-0.3, -0.25) is 10.1 Å². The molecule has 1 saturated heterocycles. The highest BCUT2D eigenvalue weighted by Gasteiger charge is 2.40. The van der Waals surface area contributed by atoms with E-state index in [0.29, 0.717) is 30.0 Å². The Bertz CT molecular complexity index is 760. The molecule has 0 atom stereocenters. The van der Waals surface area contributed by atoms with E-state index in [0.717, 1.165) is 24.0 Å². The zero-order valence-electron chi connectivity index (χ0n) is 13.8. The molecule has 0 saturated carbocycles. The number of ether oxygens (including phenoxy) is 1. The Morgan fingerprint density at radius 2 is 2.12 bits per heavy atom. The van der Waals surface area contributed by atoms with E-state index < -0.39 is 17.2 Å². The molecule has 1 aromatic carbocycles. The van der Waals surface area contributed by atoms with Crippen molar-refractivity contribution < 1.29 is 18.3 Å². The van der Waals surface area contributed by atoms with Crippen molar-refractivity contribution in [1.29, 1.82) is 0 Å². The summed E-state index contributed by atoms with van der Waals surface area (Å²) >= 11 is 1.31. The molecule has 0 spiro atoms. The molecule has 2 N–H and O–H groups in total. The van der Waals surface area contributed by atoms with Gasteiger partial charge in [-0.15, -0.1) is 11.3 Å². The summed E-state index contributed by atoms with van der Waals surface area (Å²) in [5, 5.41) is 6.48. The molecule has 25 heavy (non-hydrogen) atoms. The van der Waals surface area contributed by atoms with Gasteiger partial charge in [0, 0.05) is 24.6 Å². The smallest absolute Gasteiger partial charge is 0.258 e. The number of halogens is 2. The van der Waals surface area contributed by atoms with Crippen LogP contribution >= 0.6 is 11.3 Å². The SMILES string of the molecule is COC1(C(=O)Nc2ncc(Cc3ccc(F)c(F)c3)s2)CCNCC1. The van der Waals surface area contributed by atoms with Crippen molar-refractivity contribution in [3.63, 3.8) is 0 Å². The minimum absolute atomic E-state index is 0.203. The summed E-state index contributed by atoms with van der Waals surface area (Å²) < 4.78 is 31.8. The lowest BCUT2D eigenvalue weighted by Gasteiger charge is -2.34. The van der Waals surface area contributed by atoms with Gasteiger partial charge in [-0.1, -0.05) is 6.07 Å². The number of anilines is 1. The molecular formula is C17H19F2N3O2S. The van der Waals surface area contributed by atoms with Gasteiger partial charge in [-0.2, -0.15) is 0 Å². The Morgan fingerprint density at radius 3 is 2.80 bits per heavy atom. The molecule has 5 nitrogen and oxygen atoms in total. The number of amides is 1. The van der Waals surface area contributed by atoms with Crippen LogP contribution in [0.5, 0.6) is 0 Å². The third kappa shape index (κ3) is 4.02. The molecule has 1 aromatic heterocycles. The Labute approximate surface area is 148 Å². The van der Waals surface area contributed by atoms with Crippen LogP contribution in [0.25, 0.3) is 0 Å². The topological polar surface area (TPSA) is 63.2 Å². The van der Waals surface area contributed by atoms with Crippen molar-refractivity contribution in [2.75, 3.05) is 25.5 Å². The van der Waals surface area contributed by atoms with Crippen LogP contribution in [0.1, 0.15) is 23.3 Å². The lowest BCUT2D eigenvalue weighted by Crippen LogP contribution is -2.51. The minimum atomic E-state index is -0.872. The number of hydrogen-bond donors (Lipinski definition) is 2. The van der Waals surface area contributed by atoms with Crippen LogP contribution in [-0.2, 0) is 16.0 Å². The summed E-state index contributed by atoms with van der Waals surface area (Å²) in [6.45, 7) is 1.45. The van der Waals surface area contributed by atoms with Crippen LogP contribution < -0.4 is 10.6 Å². The van der Waals surface area contributed by atoms with Gasteiger partial charge < -0.3 is 10.1 Å². The number of piperidine rings is 1. The number of benzene rings is 1. The number of aromatic nitrogens is 1. The summed E-state index contributed by atoms with van der Waals surface area (Å²) in [4.78, 5) is 17.6. The number of hydrogen-bond acceptors (Lipinski definition) is 5. The van der Waals surface area contributed by atoms with Crippen molar-refractivity contribution in [3.8, 4) is 0 Å². The molecule has 1 fully saturated rings. The maximum Gasteiger partial charge on any atom is 0.258 e. The van der Waals surface area contributed by atoms with E-state index in [1.165, 1.54) is 23.5 Å². The average Bonchev–Trinajstić information content (AvgIpc) is 3.05. The van der Waals surface area contributed by atoms with Gasteiger partial charge in [0.15, 0.2) is 16.8 Å². The second-order valence-corrected chi connectivity index (χ2v) is 7.07. The van der Waals surface area contributed by atoms with Gasteiger partial charge in [0.05, 0.1) is 0 Å². The molecule has 0 aliphatic carbocycles. The third-order valence-electron chi connectivity index (χ3n) is 4.35. The van der Waals surface area contributed by atoms with E-state index in [-0.39, 0.29) is 5.91 Å². The fourth-order valence-corrected chi connectivity index (χ4v) is 3.71. The zero-order valence-corrected chi connectivity index (χ0v) is 14.6. The molecule has 1 aliphatic heterocycles. The van der Waals surface area contributed by atoms with Gasteiger partial charge in [-0.25, -0.2) is 13.8 Å². The Balaban J connectivity index is 1.66. The normalized spacial score (nSPS) is 16.6. The number of rotatable bonds is 5. The van der Waals surface area contributed by atoms with E-state index in [2.05, 4.69) is 15.6 Å². The summed E-state index contributed by atoms with van der Waals surface area (Å²) in [5.41, 5.74) is -0.191. The third-order valence-corrected chi connectivity index (χ3v) is 5.26. The largest absolute Gasteiger partial charge is 0.368 e. The molecule has 2 aromatic rings. The van der Waals surface area contributed by atoms with Crippen molar-refractivity contribution >= 4 is 22.4 Å². The summed E-state index contributed by atoms with van der Waals surface area (Å²) in [7, 11) is 1.54. The maximum absolute atomic E-state index is 13.3. The molecule has 0 unspecified atom stereocenters. The highest BCUT2D eigenvalue weighted by Crippen LogP contribution is 2.27. The fraction of sp³-hybridized carbons (Fsp3) is 0.412. The van der Waals surface area contributed by atoms with Crippen LogP contribution in [0.3, 0.4) is 0 Å². The number of carbonyl (C=O) groups is 1. The van der Waals surface area contributed by atoms with Crippen molar-refractivity contribution in [3.05, 3.63) is 46.5 Å². The van der Waals surface area contributed by atoms with Crippen LogP contribution in [-0.4, -0.2) is 36.7 Å². The van der Waals surface area contributed by atoms with Crippen LogP contribution in [0, 0.1) is 11.6 Å². The molecular weight excluding hydrogens is 348 g/mol. The predicted octanol–water partition coefficient (Wildman–Crippen LogP) is 2.72. The van der Waals surface area contributed by atoms with Gasteiger partial charge >= 0.3 is 0 Å². The van der Waals surface area contributed by atoms with Crippen LogP contribution in [0.2, 0.25) is 0 Å². The Morgan fingerprint density at radius 1 is 1.36 bits per heavy atom. The van der Waals surface area contributed by atoms with Crippen LogP contribution in [0.15, 0.2) is 24.4 Å². The predicted molar refractivity (Wildman–Crippen MR) is 91.8 cm³/mol. The number of nitrogens with one attached hydrogen (secondary N) is 2. The average molecular weight is 367 g/mol. The first-order chi connectivity index (χ1) is 12.0. The van der Waals surface area contributed by atoms with Gasteiger partial charge in [-0.05, 0) is 43.6 Å². The Hall–Kier alpha value is -1.90. The van der Waals surface area contributed by atoms with Gasteiger partial charge in [0.25, 0.3) is 5.91 Å². The second kappa shape index (κ2) is 7.55. The molecule has 0 radical (unpaired) electrons. The lowest BCUT2D eigenvalue weighted by molar-refractivity contribution is -0.140. The first-order valence-electron chi connectivity index (χ1n) is 7.98. The molecule has 8 heteroatoms. The quantitative estimate of drug-likeness (QED) is 0.853. The van der Waals surface area contributed by atoms with Gasteiger partial charge in [0.2, 0.25) is 0 Å². The number of thiazole rings is 1. The number of methoxy groups -OCH3 is 1. The maximum atomic E-state index is 13.3. The highest BCUT2D eigenvalue weighted by atomic mass is 32.1. The molecule has 1 amide bonds. The van der Waals surface area contributed by atoms with E-state index in [1.54, 1.807) is 13.3 Å². The standard InChI is InChI=1S/C17H19F2N3O2S/c1-24-17(4-6-20-7-5-17)15(23)22-16-21-10-12(25-16)8-11-2-3-13(18)14(19)9-11/h2-3,9-10,20H,4-8H2,1H3,(H,21,22,23). The van der Waals surface area contributed by atoms with Crippen molar-refractivity contribution in [1.82, 2.24) is 10.3 Å².